The van der Waals surface area contributed by atoms with Crippen LogP contribution in [-0.2, 0) is 0 Å². The molecule has 144 valence electrons. The standard InChI is InChI=1S/C23H23NO4/c1-14-7-8-20-17(9-14)15(2)21(28-20)22(26)24-10-18-16-5-3-4-6-19(16)27-13-23(18,11-24)12-25/h3-9,18,25H,10-13H2,1-2H3/t18-,23-/m1/s1. The Morgan fingerprint density at radius 1 is 1.25 bits per heavy atom. The molecule has 0 bridgehead atoms. The minimum atomic E-state index is -0.472. The number of hydrogen-bond acceptors (Lipinski definition) is 4. The Labute approximate surface area is 163 Å². The third kappa shape index (κ3) is 2.39. The highest BCUT2D eigenvalue weighted by molar-refractivity contribution is 5.99. The molecule has 28 heavy (non-hydrogen) atoms. The van der Waals surface area contributed by atoms with E-state index in [1.165, 1.54) is 0 Å². The van der Waals surface area contributed by atoms with E-state index in [0.717, 1.165) is 33.4 Å². The van der Waals surface area contributed by atoms with E-state index < -0.39 is 5.41 Å². The molecule has 1 fully saturated rings. The van der Waals surface area contributed by atoms with Gasteiger partial charge in [0.15, 0.2) is 5.76 Å². The molecule has 5 heteroatoms. The number of carbonyl (C=O) groups excluding carboxylic acids is 1. The Kier molecular flexibility index (Phi) is 3.78. The minimum absolute atomic E-state index is 0.0198. The van der Waals surface area contributed by atoms with Gasteiger partial charge in [-0.1, -0.05) is 29.8 Å². The summed E-state index contributed by atoms with van der Waals surface area (Å²) in [5.74, 6) is 1.17. The Hall–Kier alpha value is -2.79. The van der Waals surface area contributed by atoms with E-state index in [1.54, 1.807) is 0 Å². The molecule has 5 rings (SSSR count). The molecule has 1 amide bonds. The van der Waals surface area contributed by atoms with E-state index in [4.69, 9.17) is 9.15 Å². The van der Waals surface area contributed by atoms with Gasteiger partial charge in [-0.25, -0.2) is 0 Å². The number of furan rings is 1. The number of fused-ring (bicyclic) bond motifs is 4. The van der Waals surface area contributed by atoms with Crippen LogP contribution < -0.4 is 4.74 Å². The SMILES string of the molecule is Cc1ccc2oc(C(=O)N3C[C@@H]4c5ccccc5OC[C@]4(CO)C3)c(C)c2c1. The predicted molar refractivity (Wildman–Crippen MR) is 106 cm³/mol. The summed E-state index contributed by atoms with van der Waals surface area (Å²) in [5.41, 5.74) is 3.33. The summed E-state index contributed by atoms with van der Waals surface area (Å²) in [5, 5.41) is 11.2. The van der Waals surface area contributed by atoms with E-state index in [1.807, 2.05) is 61.2 Å². The molecule has 3 aromatic rings. The second-order valence-electron chi connectivity index (χ2n) is 8.14. The zero-order chi connectivity index (χ0) is 19.5. The molecule has 0 saturated carbocycles. The van der Waals surface area contributed by atoms with Crippen molar-refractivity contribution in [3.8, 4) is 5.75 Å². The highest BCUT2D eigenvalue weighted by Crippen LogP contribution is 2.49. The number of hydrogen-bond donors (Lipinski definition) is 1. The molecule has 1 saturated heterocycles. The monoisotopic (exact) mass is 377 g/mol. The van der Waals surface area contributed by atoms with Crippen molar-refractivity contribution in [3.05, 3.63) is 64.9 Å². The zero-order valence-corrected chi connectivity index (χ0v) is 16.1. The van der Waals surface area contributed by atoms with Gasteiger partial charge in [0.05, 0.1) is 18.6 Å². The fourth-order valence-electron chi connectivity index (χ4n) is 4.71. The van der Waals surface area contributed by atoms with E-state index in [2.05, 4.69) is 0 Å². The van der Waals surface area contributed by atoms with Crippen LogP contribution in [-0.4, -0.2) is 42.2 Å². The molecule has 2 aromatic carbocycles. The maximum atomic E-state index is 13.3. The Morgan fingerprint density at radius 2 is 2.07 bits per heavy atom. The molecule has 2 atom stereocenters. The van der Waals surface area contributed by atoms with E-state index in [9.17, 15) is 9.90 Å². The summed E-state index contributed by atoms with van der Waals surface area (Å²) in [6.07, 6.45) is 0. The van der Waals surface area contributed by atoms with Crippen LogP contribution in [0.3, 0.4) is 0 Å². The highest BCUT2D eigenvalue weighted by Gasteiger charge is 2.52. The molecule has 0 unspecified atom stereocenters. The van der Waals surface area contributed by atoms with Gasteiger partial charge in [-0.15, -0.1) is 0 Å². The average molecular weight is 377 g/mol. The lowest BCUT2D eigenvalue weighted by Gasteiger charge is -2.37. The van der Waals surface area contributed by atoms with Crippen LogP contribution in [0, 0.1) is 19.3 Å². The fraction of sp³-hybridized carbons (Fsp3) is 0.348. The normalized spacial score (nSPS) is 23.4. The number of aryl methyl sites for hydroxylation is 2. The van der Waals surface area contributed by atoms with Crippen molar-refractivity contribution >= 4 is 16.9 Å². The largest absolute Gasteiger partial charge is 0.493 e. The van der Waals surface area contributed by atoms with Gasteiger partial charge in [0.25, 0.3) is 5.91 Å². The number of aliphatic hydroxyl groups is 1. The van der Waals surface area contributed by atoms with Crippen molar-refractivity contribution in [1.82, 2.24) is 4.90 Å². The lowest BCUT2D eigenvalue weighted by molar-refractivity contribution is 0.0434. The number of likely N-dealkylation sites (tertiary alicyclic amines) is 1. The third-order valence-corrected chi connectivity index (χ3v) is 6.35. The Balaban J connectivity index is 1.52. The van der Waals surface area contributed by atoms with Crippen LogP contribution in [0.5, 0.6) is 5.75 Å². The van der Waals surface area contributed by atoms with Crippen molar-refractivity contribution in [2.24, 2.45) is 5.41 Å². The molecule has 0 spiro atoms. The first-order valence-corrected chi connectivity index (χ1v) is 9.64. The minimum Gasteiger partial charge on any atom is -0.493 e. The van der Waals surface area contributed by atoms with Crippen molar-refractivity contribution in [3.63, 3.8) is 0 Å². The molecule has 2 aliphatic rings. The second-order valence-corrected chi connectivity index (χ2v) is 8.14. The summed E-state index contributed by atoms with van der Waals surface area (Å²) in [4.78, 5) is 15.2. The Bertz CT molecular complexity index is 1090. The third-order valence-electron chi connectivity index (χ3n) is 6.35. The fourth-order valence-corrected chi connectivity index (χ4v) is 4.71. The van der Waals surface area contributed by atoms with Gasteiger partial charge in [0, 0.05) is 30.0 Å². The number of ether oxygens (including phenoxy) is 1. The maximum Gasteiger partial charge on any atom is 0.289 e. The summed E-state index contributed by atoms with van der Waals surface area (Å²) in [6.45, 7) is 5.36. The lowest BCUT2D eigenvalue weighted by Crippen LogP contribution is -2.42. The van der Waals surface area contributed by atoms with Gasteiger partial charge in [-0.3, -0.25) is 4.79 Å². The summed E-state index contributed by atoms with van der Waals surface area (Å²) < 4.78 is 11.9. The van der Waals surface area contributed by atoms with Gasteiger partial charge in [0.1, 0.15) is 11.3 Å². The number of rotatable bonds is 2. The first-order valence-electron chi connectivity index (χ1n) is 9.64. The van der Waals surface area contributed by atoms with E-state index in [-0.39, 0.29) is 18.4 Å². The number of nitrogens with zero attached hydrogens (tertiary/aromatic N) is 1. The molecule has 3 heterocycles. The predicted octanol–water partition coefficient (Wildman–Crippen LogP) is 3.66. The number of carbonyl (C=O) groups is 1. The van der Waals surface area contributed by atoms with Gasteiger partial charge in [0.2, 0.25) is 0 Å². The van der Waals surface area contributed by atoms with Crippen LogP contribution >= 0.6 is 0 Å². The molecular weight excluding hydrogens is 354 g/mol. The van der Waals surface area contributed by atoms with Gasteiger partial charge in [-0.05, 0) is 37.6 Å². The van der Waals surface area contributed by atoms with E-state index in [0.29, 0.717) is 25.5 Å². The number of aliphatic hydroxyl groups excluding tert-OH is 1. The molecule has 0 aliphatic carbocycles. The van der Waals surface area contributed by atoms with E-state index >= 15 is 0 Å². The molecule has 1 N–H and O–H groups in total. The van der Waals surface area contributed by atoms with Crippen molar-refractivity contribution in [1.29, 1.82) is 0 Å². The van der Waals surface area contributed by atoms with Crippen LogP contribution in [0.25, 0.3) is 11.0 Å². The molecule has 5 nitrogen and oxygen atoms in total. The number of para-hydroxylation sites is 1. The second kappa shape index (κ2) is 6.11. The lowest BCUT2D eigenvalue weighted by atomic mass is 9.74. The molecular formula is C23H23NO4. The first-order chi connectivity index (χ1) is 13.5. The van der Waals surface area contributed by atoms with Gasteiger partial charge < -0.3 is 19.2 Å². The summed E-state index contributed by atoms with van der Waals surface area (Å²) in [7, 11) is 0. The average Bonchev–Trinajstić information content (AvgIpc) is 3.27. The zero-order valence-electron chi connectivity index (χ0n) is 16.1. The quantitative estimate of drug-likeness (QED) is 0.740. The van der Waals surface area contributed by atoms with Crippen LogP contribution in [0.2, 0.25) is 0 Å². The topological polar surface area (TPSA) is 62.9 Å². The number of amides is 1. The van der Waals surface area contributed by atoms with Crippen molar-refractivity contribution in [2.75, 3.05) is 26.3 Å². The van der Waals surface area contributed by atoms with Gasteiger partial charge in [-0.2, -0.15) is 0 Å². The smallest absolute Gasteiger partial charge is 0.289 e. The highest BCUT2D eigenvalue weighted by atomic mass is 16.5. The number of benzene rings is 2. The van der Waals surface area contributed by atoms with Crippen LogP contribution in [0.15, 0.2) is 46.9 Å². The molecule has 2 aliphatic heterocycles. The molecule has 1 aromatic heterocycles. The van der Waals surface area contributed by atoms with Gasteiger partial charge >= 0.3 is 0 Å². The summed E-state index contributed by atoms with van der Waals surface area (Å²) >= 11 is 0. The summed E-state index contributed by atoms with van der Waals surface area (Å²) in [6, 6.07) is 13.9. The van der Waals surface area contributed by atoms with Crippen molar-refractivity contribution < 1.29 is 19.1 Å². The first kappa shape index (κ1) is 17.3. The Morgan fingerprint density at radius 3 is 2.89 bits per heavy atom. The maximum absolute atomic E-state index is 13.3. The van der Waals surface area contributed by atoms with Crippen LogP contribution in [0.4, 0.5) is 0 Å². The van der Waals surface area contributed by atoms with Crippen molar-refractivity contribution in [2.45, 2.75) is 19.8 Å². The molecule has 0 radical (unpaired) electrons. The van der Waals surface area contributed by atoms with Crippen LogP contribution in [0.1, 0.15) is 33.2 Å².